The van der Waals surface area contributed by atoms with Gasteiger partial charge >= 0.3 is 11.8 Å². The Kier molecular flexibility index (Phi) is 6.55. The molecule has 0 aliphatic heterocycles. The first kappa shape index (κ1) is 17.7. The molecule has 0 atom stereocenters. The van der Waals surface area contributed by atoms with Crippen LogP contribution in [-0.4, -0.2) is 34.7 Å². The van der Waals surface area contributed by atoms with Crippen LogP contribution in [0.2, 0.25) is 0 Å². The minimum absolute atomic E-state index is 0.418. The van der Waals surface area contributed by atoms with Gasteiger partial charge in [0, 0.05) is 26.2 Å². The van der Waals surface area contributed by atoms with E-state index in [1.165, 1.54) is 0 Å². The molecule has 4 nitrogen and oxygen atoms in total. The Morgan fingerprint density at radius 3 is 1.42 bits per heavy atom. The van der Waals surface area contributed by atoms with E-state index in [9.17, 15) is 9.59 Å². The third-order valence-corrected chi connectivity index (χ3v) is 3.95. The van der Waals surface area contributed by atoms with Gasteiger partial charge in [0.05, 0.1) is 0 Å². The predicted octanol–water partition coefficient (Wildman–Crippen LogP) is 3.08. The van der Waals surface area contributed by atoms with Crippen LogP contribution in [0.5, 0.6) is 0 Å². The van der Waals surface area contributed by atoms with E-state index in [1.807, 2.05) is 74.5 Å². The van der Waals surface area contributed by atoms with Gasteiger partial charge in [-0.15, -0.1) is 0 Å². The molecular formula is C20H24N2O2. The third-order valence-electron chi connectivity index (χ3n) is 3.95. The first-order valence-electron chi connectivity index (χ1n) is 8.31. The van der Waals surface area contributed by atoms with Crippen LogP contribution in [0.25, 0.3) is 0 Å². The SMILES string of the molecule is CCN(CC)C(=O)C(=O)N(Cc1ccccc1)Cc1ccccc1. The molecule has 126 valence electrons. The summed E-state index contributed by atoms with van der Waals surface area (Å²) in [6.45, 7) is 5.67. The van der Waals surface area contributed by atoms with Crippen molar-refractivity contribution in [1.82, 2.24) is 9.80 Å². The zero-order valence-electron chi connectivity index (χ0n) is 14.3. The highest BCUT2D eigenvalue weighted by molar-refractivity contribution is 6.34. The van der Waals surface area contributed by atoms with E-state index >= 15 is 0 Å². The van der Waals surface area contributed by atoms with Gasteiger partial charge in [0.1, 0.15) is 0 Å². The Bertz CT molecular complexity index is 610. The van der Waals surface area contributed by atoms with Gasteiger partial charge in [0.15, 0.2) is 0 Å². The number of carbonyl (C=O) groups is 2. The minimum atomic E-state index is -0.452. The summed E-state index contributed by atoms with van der Waals surface area (Å²) < 4.78 is 0. The van der Waals surface area contributed by atoms with Crippen molar-refractivity contribution in [3.05, 3.63) is 71.8 Å². The molecule has 0 unspecified atom stereocenters. The van der Waals surface area contributed by atoms with E-state index in [1.54, 1.807) is 9.80 Å². The lowest BCUT2D eigenvalue weighted by Gasteiger charge is -2.26. The van der Waals surface area contributed by atoms with Crippen LogP contribution in [-0.2, 0) is 22.7 Å². The van der Waals surface area contributed by atoms with Gasteiger partial charge in [0.25, 0.3) is 0 Å². The molecule has 0 saturated carbocycles. The van der Waals surface area contributed by atoms with Gasteiger partial charge in [-0.2, -0.15) is 0 Å². The van der Waals surface area contributed by atoms with Crippen LogP contribution in [0.15, 0.2) is 60.7 Å². The fourth-order valence-corrected chi connectivity index (χ4v) is 2.59. The summed E-state index contributed by atoms with van der Waals surface area (Å²) in [6.07, 6.45) is 0. The number of hydrogen-bond donors (Lipinski definition) is 0. The van der Waals surface area contributed by atoms with Gasteiger partial charge in [-0.1, -0.05) is 60.7 Å². The Morgan fingerprint density at radius 1 is 0.667 bits per heavy atom. The first-order valence-corrected chi connectivity index (χ1v) is 8.31. The fraction of sp³-hybridized carbons (Fsp3) is 0.300. The first-order chi connectivity index (χ1) is 11.7. The second-order valence-corrected chi connectivity index (χ2v) is 5.61. The molecule has 2 rings (SSSR count). The Morgan fingerprint density at radius 2 is 1.04 bits per heavy atom. The molecule has 0 bridgehead atoms. The number of carbonyl (C=O) groups excluding carboxylic acids is 2. The lowest BCUT2D eigenvalue weighted by atomic mass is 10.1. The molecule has 0 aromatic heterocycles. The van der Waals surface area contributed by atoms with E-state index in [4.69, 9.17) is 0 Å². The zero-order valence-corrected chi connectivity index (χ0v) is 14.3. The maximum atomic E-state index is 12.7. The summed E-state index contributed by atoms with van der Waals surface area (Å²) in [7, 11) is 0. The summed E-state index contributed by atoms with van der Waals surface area (Å²) in [6, 6.07) is 19.5. The number of hydrogen-bond acceptors (Lipinski definition) is 2. The highest BCUT2D eigenvalue weighted by Gasteiger charge is 2.25. The molecule has 0 radical (unpaired) electrons. The number of benzene rings is 2. The lowest BCUT2D eigenvalue weighted by Crippen LogP contribution is -2.44. The van der Waals surface area contributed by atoms with Gasteiger partial charge in [-0.05, 0) is 25.0 Å². The summed E-state index contributed by atoms with van der Waals surface area (Å²) in [4.78, 5) is 28.4. The van der Waals surface area contributed by atoms with Crippen molar-refractivity contribution in [3.8, 4) is 0 Å². The molecule has 0 fully saturated rings. The molecule has 0 heterocycles. The maximum absolute atomic E-state index is 12.7. The average molecular weight is 324 g/mol. The van der Waals surface area contributed by atoms with Gasteiger partial charge < -0.3 is 9.80 Å². The van der Waals surface area contributed by atoms with Gasteiger partial charge in [0.2, 0.25) is 0 Å². The number of nitrogens with zero attached hydrogens (tertiary/aromatic N) is 2. The second-order valence-electron chi connectivity index (χ2n) is 5.61. The third kappa shape index (κ3) is 4.69. The van der Waals surface area contributed by atoms with Crippen LogP contribution in [0.1, 0.15) is 25.0 Å². The van der Waals surface area contributed by atoms with E-state index in [0.29, 0.717) is 26.2 Å². The standard InChI is InChI=1S/C20H24N2O2/c1-3-21(4-2)19(23)20(24)22(15-17-11-7-5-8-12-17)16-18-13-9-6-10-14-18/h5-14H,3-4,15-16H2,1-2H3. The summed E-state index contributed by atoms with van der Waals surface area (Å²) >= 11 is 0. The summed E-state index contributed by atoms with van der Waals surface area (Å²) in [5.41, 5.74) is 2.02. The molecule has 0 N–H and O–H groups in total. The van der Waals surface area contributed by atoms with E-state index in [-0.39, 0.29) is 0 Å². The van der Waals surface area contributed by atoms with Gasteiger partial charge in [-0.3, -0.25) is 9.59 Å². The second kappa shape index (κ2) is 8.87. The van der Waals surface area contributed by atoms with Crippen LogP contribution >= 0.6 is 0 Å². The van der Waals surface area contributed by atoms with Crippen molar-refractivity contribution in [3.63, 3.8) is 0 Å². The van der Waals surface area contributed by atoms with Crippen molar-refractivity contribution in [1.29, 1.82) is 0 Å². The normalized spacial score (nSPS) is 10.2. The molecule has 0 spiro atoms. The molecule has 0 aliphatic rings. The molecule has 2 aromatic carbocycles. The highest BCUT2D eigenvalue weighted by atomic mass is 16.2. The molecule has 2 amide bonds. The van der Waals surface area contributed by atoms with Crippen molar-refractivity contribution in [2.45, 2.75) is 26.9 Å². The predicted molar refractivity (Wildman–Crippen MR) is 95.1 cm³/mol. The molecule has 2 aromatic rings. The van der Waals surface area contributed by atoms with Crippen molar-refractivity contribution in [2.75, 3.05) is 13.1 Å². The number of likely N-dealkylation sites (N-methyl/N-ethyl adjacent to an activating group) is 1. The quantitative estimate of drug-likeness (QED) is 0.766. The largest absolute Gasteiger partial charge is 0.335 e. The molecular weight excluding hydrogens is 300 g/mol. The van der Waals surface area contributed by atoms with Gasteiger partial charge in [-0.25, -0.2) is 0 Å². The summed E-state index contributed by atoms with van der Waals surface area (Å²) in [5.74, 6) is -0.890. The van der Waals surface area contributed by atoms with E-state index < -0.39 is 11.8 Å². The van der Waals surface area contributed by atoms with Crippen molar-refractivity contribution in [2.24, 2.45) is 0 Å². The lowest BCUT2D eigenvalue weighted by molar-refractivity contribution is -0.152. The zero-order chi connectivity index (χ0) is 17.4. The van der Waals surface area contributed by atoms with Crippen LogP contribution in [0.3, 0.4) is 0 Å². The Labute approximate surface area is 143 Å². The monoisotopic (exact) mass is 324 g/mol. The molecule has 0 saturated heterocycles. The van der Waals surface area contributed by atoms with E-state index in [0.717, 1.165) is 11.1 Å². The topological polar surface area (TPSA) is 40.6 Å². The van der Waals surface area contributed by atoms with E-state index in [2.05, 4.69) is 0 Å². The van der Waals surface area contributed by atoms with Crippen LogP contribution in [0.4, 0.5) is 0 Å². The van der Waals surface area contributed by atoms with Crippen LogP contribution < -0.4 is 0 Å². The fourth-order valence-electron chi connectivity index (χ4n) is 2.59. The Balaban J connectivity index is 2.21. The molecule has 0 aliphatic carbocycles. The maximum Gasteiger partial charge on any atom is 0.312 e. The average Bonchev–Trinajstić information content (AvgIpc) is 2.63. The minimum Gasteiger partial charge on any atom is -0.335 e. The van der Waals surface area contributed by atoms with Crippen molar-refractivity contribution < 1.29 is 9.59 Å². The molecule has 4 heteroatoms. The smallest absolute Gasteiger partial charge is 0.312 e. The highest BCUT2D eigenvalue weighted by Crippen LogP contribution is 2.11. The van der Waals surface area contributed by atoms with Crippen molar-refractivity contribution >= 4 is 11.8 Å². The molecule has 24 heavy (non-hydrogen) atoms. The number of amides is 2. The number of rotatable bonds is 6. The summed E-state index contributed by atoms with van der Waals surface area (Å²) in [5, 5.41) is 0. The Hall–Kier alpha value is -2.62. The van der Waals surface area contributed by atoms with Crippen LogP contribution in [0, 0.1) is 0 Å².